The number of ether oxygens (including phenoxy) is 1. The van der Waals surface area contributed by atoms with Gasteiger partial charge in [0.25, 0.3) is 5.69 Å². The highest BCUT2D eigenvalue weighted by molar-refractivity contribution is 5.77. The molecule has 4 N–H and O–H groups in total. The van der Waals surface area contributed by atoms with Gasteiger partial charge < -0.3 is 20.7 Å². The van der Waals surface area contributed by atoms with Crippen LogP contribution in [0.15, 0.2) is 48.5 Å². The molecule has 0 aliphatic heterocycles. The van der Waals surface area contributed by atoms with E-state index in [9.17, 15) is 19.7 Å². The van der Waals surface area contributed by atoms with E-state index >= 15 is 0 Å². The van der Waals surface area contributed by atoms with Crippen molar-refractivity contribution in [2.24, 2.45) is 5.73 Å². The van der Waals surface area contributed by atoms with Crippen LogP contribution < -0.4 is 10.5 Å². The predicted molar refractivity (Wildman–Crippen MR) is 101 cm³/mol. The van der Waals surface area contributed by atoms with Gasteiger partial charge in [-0.2, -0.15) is 0 Å². The first kappa shape index (κ1) is 20.6. The third kappa shape index (κ3) is 5.92. The second-order valence-electron chi connectivity index (χ2n) is 5.88. The Morgan fingerprint density at radius 2 is 1.50 bits per heavy atom. The van der Waals surface area contributed by atoms with Gasteiger partial charge in [0, 0.05) is 18.6 Å². The van der Waals surface area contributed by atoms with Crippen LogP contribution in [0.5, 0.6) is 5.75 Å². The van der Waals surface area contributed by atoms with Gasteiger partial charge in [-0.05, 0) is 35.4 Å². The van der Waals surface area contributed by atoms with Crippen molar-refractivity contribution in [3.8, 4) is 5.75 Å². The Bertz CT molecular complexity index is 876. The highest BCUT2D eigenvalue weighted by Gasteiger charge is 2.26. The van der Waals surface area contributed by atoms with Gasteiger partial charge >= 0.3 is 11.9 Å². The van der Waals surface area contributed by atoms with Gasteiger partial charge in [-0.1, -0.05) is 24.3 Å². The lowest BCUT2D eigenvalue weighted by molar-refractivity contribution is -0.384. The number of aliphatic carboxylic acids is 2. The number of nitro groups is 1. The zero-order valence-electron chi connectivity index (χ0n) is 14.6. The molecule has 0 bridgehead atoms. The number of nitro benzene ring substituents is 1. The van der Waals surface area contributed by atoms with Crippen LogP contribution in [0.3, 0.4) is 0 Å². The third-order valence-corrected chi connectivity index (χ3v) is 3.79. The van der Waals surface area contributed by atoms with Gasteiger partial charge in [0.15, 0.2) is 6.10 Å². The summed E-state index contributed by atoms with van der Waals surface area (Å²) in [4.78, 5) is 32.2. The first-order valence-corrected chi connectivity index (χ1v) is 8.16. The summed E-state index contributed by atoms with van der Waals surface area (Å²) in [6, 6.07) is 11.2. The number of hydrogen-bond donors (Lipinski definition) is 3. The molecule has 0 amide bonds. The topological polar surface area (TPSA) is 153 Å². The number of carboxylic acid groups (broad SMARTS) is 2. The molecule has 0 aliphatic carbocycles. The lowest BCUT2D eigenvalue weighted by atomic mass is 10.1. The SMILES string of the molecule is NC(CC(Oc1ccc(C=Cc2ccc([N+](=O)[O-])cc2)cc1)C(=O)O)C(=O)O. The highest BCUT2D eigenvalue weighted by Crippen LogP contribution is 2.18. The van der Waals surface area contributed by atoms with Crippen molar-refractivity contribution in [3.05, 3.63) is 69.8 Å². The summed E-state index contributed by atoms with van der Waals surface area (Å²) in [7, 11) is 0. The molecule has 0 spiro atoms. The number of non-ortho nitro benzene ring substituents is 1. The molecule has 28 heavy (non-hydrogen) atoms. The van der Waals surface area contributed by atoms with Crippen LogP contribution >= 0.6 is 0 Å². The monoisotopic (exact) mass is 386 g/mol. The second-order valence-corrected chi connectivity index (χ2v) is 5.88. The van der Waals surface area contributed by atoms with E-state index in [1.165, 1.54) is 12.1 Å². The first-order chi connectivity index (χ1) is 13.3. The van der Waals surface area contributed by atoms with E-state index in [2.05, 4.69) is 0 Å². The molecule has 0 aromatic heterocycles. The Balaban J connectivity index is 2.02. The minimum Gasteiger partial charge on any atom is -0.480 e. The summed E-state index contributed by atoms with van der Waals surface area (Å²) in [5, 5.41) is 28.6. The van der Waals surface area contributed by atoms with Crippen molar-refractivity contribution in [3.63, 3.8) is 0 Å². The predicted octanol–water partition coefficient (Wildman–Crippen LogP) is 2.40. The fourth-order valence-electron chi connectivity index (χ4n) is 2.25. The quantitative estimate of drug-likeness (QED) is 0.337. The number of benzene rings is 2. The number of nitrogens with zero attached hydrogens (tertiary/aromatic N) is 1. The van der Waals surface area contributed by atoms with Gasteiger partial charge in [-0.15, -0.1) is 0 Å². The van der Waals surface area contributed by atoms with Gasteiger partial charge in [-0.25, -0.2) is 4.79 Å². The number of carboxylic acids is 2. The summed E-state index contributed by atoms with van der Waals surface area (Å²) in [6.07, 6.45) is 1.80. The number of hydrogen-bond acceptors (Lipinski definition) is 6. The average Bonchev–Trinajstić information content (AvgIpc) is 2.66. The zero-order valence-corrected chi connectivity index (χ0v) is 14.6. The summed E-state index contributed by atoms with van der Waals surface area (Å²) in [5.74, 6) is -2.35. The summed E-state index contributed by atoms with van der Waals surface area (Å²) < 4.78 is 5.32. The minimum absolute atomic E-state index is 0.00857. The van der Waals surface area contributed by atoms with Crippen LogP contribution in [0, 0.1) is 10.1 Å². The maximum absolute atomic E-state index is 11.2. The molecular weight excluding hydrogens is 368 g/mol. The van der Waals surface area contributed by atoms with E-state index in [1.54, 1.807) is 48.6 Å². The van der Waals surface area contributed by atoms with Crippen LogP contribution in [-0.4, -0.2) is 39.2 Å². The molecule has 0 aliphatic rings. The Labute approximate surface area is 159 Å². The smallest absolute Gasteiger partial charge is 0.344 e. The van der Waals surface area contributed by atoms with E-state index in [0.717, 1.165) is 11.1 Å². The number of carbonyl (C=O) groups is 2. The molecule has 2 rings (SSSR count). The largest absolute Gasteiger partial charge is 0.480 e. The summed E-state index contributed by atoms with van der Waals surface area (Å²) in [5.41, 5.74) is 6.94. The molecule has 0 saturated carbocycles. The molecule has 9 heteroatoms. The van der Waals surface area contributed by atoms with Gasteiger partial charge in [0.05, 0.1) is 4.92 Å². The van der Waals surface area contributed by atoms with Crippen LogP contribution in [0.4, 0.5) is 5.69 Å². The molecule has 146 valence electrons. The molecule has 2 atom stereocenters. The Morgan fingerprint density at radius 3 is 1.93 bits per heavy atom. The fraction of sp³-hybridized carbons (Fsp3) is 0.158. The van der Waals surface area contributed by atoms with Crippen molar-refractivity contribution in [1.82, 2.24) is 0 Å². The maximum atomic E-state index is 11.2. The Hall–Kier alpha value is -3.72. The van der Waals surface area contributed by atoms with Crippen LogP contribution in [0.2, 0.25) is 0 Å². The standard InChI is InChI=1S/C19H18N2O7/c20-16(18(22)23)11-17(19(24)25)28-15-9-5-13(6-10-15)2-1-12-3-7-14(8-4-12)21(26)27/h1-10,16-17H,11,20H2,(H,22,23)(H,24,25). The average molecular weight is 386 g/mol. The molecule has 0 radical (unpaired) electrons. The lowest BCUT2D eigenvalue weighted by Gasteiger charge is -2.17. The highest BCUT2D eigenvalue weighted by atomic mass is 16.6. The molecule has 9 nitrogen and oxygen atoms in total. The molecule has 0 saturated heterocycles. The molecule has 0 heterocycles. The first-order valence-electron chi connectivity index (χ1n) is 8.16. The number of nitrogens with two attached hydrogens (primary N) is 1. The third-order valence-electron chi connectivity index (χ3n) is 3.79. The van der Waals surface area contributed by atoms with E-state index < -0.39 is 29.0 Å². The molecule has 2 aromatic carbocycles. The van der Waals surface area contributed by atoms with E-state index in [1.807, 2.05) is 0 Å². The van der Waals surface area contributed by atoms with E-state index in [0.29, 0.717) is 0 Å². The van der Waals surface area contributed by atoms with E-state index in [-0.39, 0.29) is 17.9 Å². The van der Waals surface area contributed by atoms with Crippen molar-refractivity contribution < 1.29 is 29.5 Å². The van der Waals surface area contributed by atoms with Crippen molar-refractivity contribution in [2.45, 2.75) is 18.6 Å². The minimum atomic E-state index is -1.38. The van der Waals surface area contributed by atoms with Crippen LogP contribution in [0.25, 0.3) is 12.2 Å². The molecule has 0 fully saturated rings. The normalized spacial score (nSPS) is 13.0. The molecular formula is C19H18N2O7. The van der Waals surface area contributed by atoms with Crippen LogP contribution in [0.1, 0.15) is 17.5 Å². The Morgan fingerprint density at radius 1 is 1.00 bits per heavy atom. The molecule has 2 unspecified atom stereocenters. The van der Waals surface area contributed by atoms with Gasteiger partial charge in [-0.3, -0.25) is 14.9 Å². The Kier molecular flexibility index (Phi) is 6.83. The maximum Gasteiger partial charge on any atom is 0.344 e. The second kappa shape index (κ2) is 9.28. The summed E-state index contributed by atoms with van der Waals surface area (Å²) in [6.45, 7) is 0. The zero-order chi connectivity index (χ0) is 20.7. The summed E-state index contributed by atoms with van der Waals surface area (Å²) >= 11 is 0. The van der Waals surface area contributed by atoms with Crippen molar-refractivity contribution in [1.29, 1.82) is 0 Å². The molecule has 2 aromatic rings. The lowest BCUT2D eigenvalue weighted by Crippen LogP contribution is -2.39. The van der Waals surface area contributed by atoms with Crippen LogP contribution in [-0.2, 0) is 9.59 Å². The van der Waals surface area contributed by atoms with E-state index in [4.69, 9.17) is 20.7 Å². The van der Waals surface area contributed by atoms with Crippen molar-refractivity contribution >= 4 is 29.8 Å². The van der Waals surface area contributed by atoms with Gasteiger partial charge in [0.2, 0.25) is 0 Å². The van der Waals surface area contributed by atoms with Gasteiger partial charge in [0.1, 0.15) is 11.8 Å². The fourth-order valence-corrected chi connectivity index (χ4v) is 2.25. The van der Waals surface area contributed by atoms with Crippen molar-refractivity contribution in [2.75, 3.05) is 0 Å². The number of rotatable bonds is 9.